The van der Waals surface area contributed by atoms with Crippen molar-refractivity contribution in [2.75, 3.05) is 50.2 Å². The van der Waals surface area contributed by atoms with E-state index in [1.807, 2.05) is 48.5 Å². The third kappa shape index (κ3) is 4.67. The molecule has 0 radical (unpaired) electrons. The Hall–Kier alpha value is -2.73. The molecular formula is C20H25N3O3. The van der Waals surface area contributed by atoms with E-state index in [0.29, 0.717) is 26.2 Å². The molecule has 0 saturated carbocycles. The summed E-state index contributed by atoms with van der Waals surface area (Å²) in [6.07, 6.45) is 0.711. The van der Waals surface area contributed by atoms with Gasteiger partial charge in [-0.05, 0) is 30.2 Å². The molecule has 6 nitrogen and oxygen atoms in total. The van der Waals surface area contributed by atoms with E-state index in [1.165, 1.54) is 0 Å². The Bertz CT molecular complexity index is 730. The van der Waals surface area contributed by atoms with E-state index in [-0.39, 0.29) is 6.03 Å². The SMILES string of the molecule is COc1ccccc1CCNC(=O)Nc1ccccc1N1CCOCC1. The van der Waals surface area contributed by atoms with Crippen LogP contribution in [0.15, 0.2) is 48.5 Å². The van der Waals surface area contributed by atoms with Crippen LogP contribution in [0.25, 0.3) is 0 Å². The first-order valence-electron chi connectivity index (χ1n) is 8.86. The first-order valence-corrected chi connectivity index (χ1v) is 8.86. The molecule has 1 aliphatic heterocycles. The summed E-state index contributed by atoms with van der Waals surface area (Å²) >= 11 is 0. The molecule has 2 amide bonds. The average Bonchev–Trinajstić information content (AvgIpc) is 2.69. The second kappa shape index (κ2) is 9.10. The third-order valence-electron chi connectivity index (χ3n) is 4.38. The summed E-state index contributed by atoms with van der Waals surface area (Å²) in [5.41, 5.74) is 2.91. The quantitative estimate of drug-likeness (QED) is 0.836. The number of nitrogens with zero attached hydrogens (tertiary/aromatic N) is 1. The van der Waals surface area contributed by atoms with Gasteiger partial charge in [0.1, 0.15) is 5.75 Å². The molecular weight excluding hydrogens is 330 g/mol. The number of morpholine rings is 1. The van der Waals surface area contributed by atoms with E-state index in [4.69, 9.17) is 9.47 Å². The van der Waals surface area contributed by atoms with Gasteiger partial charge in [-0.3, -0.25) is 0 Å². The maximum absolute atomic E-state index is 12.3. The monoisotopic (exact) mass is 355 g/mol. The molecule has 0 aliphatic carbocycles. The summed E-state index contributed by atoms with van der Waals surface area (Å²) in [5, 5.41) is 5.87. The van der Waals surface area contributed by atoms with E-state index < -0.39 is 0 Å². The molecule has 138 valence electrons. The molecule has 6 heteroatoms. The second-order valence-electron chi connectivity index (χ2n) is 6.06. The fourth-order valence-corrected chi connectivity index (χ4v) is 3.05. The molecule has 0 atom stereocenters. The fourth-order valence-electron chi connectivity index (χ4n) is 3.05. The lowest BCUT2D eigenvalue weighted by atomic mass is 10.1. The molecule has 1 fully saturated rings. The highest BCUT2D eigenvalue weighted by Crippen LogP contribution is 2.26. The van der Waals surface area contributed by atoms with Gasteiger partial charge in [-0.15, -0.1) is 0 Å². The highest BCUT2D eigenvalue weighted by molar-refractivity contribution is 5.93. The first kappa shape index (κ1) is 18.1. The molecule has 2 N–H and O–H groups in total. The molecule has 0 spiro atoms. The van der Waals surface area contributed by atoms with Gasteiger partial charge in [0.05, 0.1) is 31.7 Å². The van der Waals surface area contributed by atoms with Crippen LogP contribution in [0, 0.1) is 0 Å². The van der Waals surface area contributed by atoms with Crippen molar-refractivity contribution in [3.8, 4) is 5.75 Å². The predicted molar refractivity (Wildman–Crippen MR) is 103 cm³/mol. The number of carbonyl (C=O) groups excluding carboxylic acids is 1. The number of hydrogen-bond donors (Lipinski definition) is 2. The molecule has 2 aromatic rings. The van der Waals surface area contributed by atoms with Gasteiger partial charge >= 0.3 is 6.03 Å². The normalized spacial score (nSPS) is 14.0. The summed E-state index contributed by atoms with van der Waals surface area (Å²) in [7, 11) is 1.65. The summed E-state index contributed by atoms with van der Waals surface area (Å²) in [6, 6.07) is 15.5. The van der Waals surface area contributed by atoms with Crippen LogP contribution in [0.3, 0.4) is 0 Å². The van der Waals surface area contributed by atoms with Crippen LogP contribution in [0.5, 0.6) is 5.75 Å². The number of ether oxygens (including phenoxy) is 2. The van der Waals surface area contributed by atoms with E-state index in [9.17, 15) is 4.79 Å². The Labute approximate surface area is 154 Å². The molecule has 2 aromatic carbocycles. The number of benzene rings is 2. The van der Waals surface area contributed by atoms with Gasteiger partial charge in [0.15, 0.2) is 0 Å². The van der Waals surface area contributed by atoms with Gasteiger partial charge in [-0.25, -0.2) is 4.79 Å². The zero-order valence-electron chi connectivity index (χ0n) is 15.0. The van der Waals surface area contributed by atoms with Crippen LogP contribution >= 0.6 is 0 Å². The lowest BCUT2D eigenvalue weighted by Gasteiger charge is -2.30. The van der Waals surface area contributed by atoms with Crippen LogP contribution in [-0.4, -0.2) is 46.0 Å². The van der Waals surface area contributed by atoms with Gasteiger partial charge in [0, 0.05) is 19.6 Å². The minimum absolute atomic E-state index is 0.208. The number of carbonyl (C=O) groups is 1. The fraction of sp³-hybridized carbons (Fsp3) is 0.350. The Kier molecular flexibility index (Phi) is 6.33. The Morgan fingerprint density at radius 1 is 1.12 bits per heavy atom. The summed E-state index contributed by atoms with van der Waals surface area (Å²) < 4.78 is 10.7. The minimum Gasteiger partial charge on any atom is -0.496 e. The molecule has 1 heterocycles. The van der Waals surface area contributed by atoms with Gasteiger partial charge in [-0.1, -0.05) is 30.3 Å². The smallest absolute Gasteiger partial charge is 0.319 e. The molecule has 3 rings (SSSR count). The van der Waals surface area contributed by atoms with Crippen LogP contribution in [0.1, 0.15) is 5.56 Å². The molecule has 0 unspecified atom stereocenters. The number of anilines is 2. The van der Waals surface area contributed by atoms with Gasteiger partial charge in [0.2, 0.25) is 0 Å². The number of methoxy groups -OCH3 is 1. The topological polar surface area (TPSA) is 62.8 Å². The molecule has 1 aliphatic rings. The molecule has 0 bridgehead atoms. The van der Waals surface area contributed by atoms with Crippen LogP contribution in [0.2, 0.25) is 0 Å². The zero-order chi connectivity index (χ0) is 18.2. The van der Waals surface area contributed by atoms with Crippen molar-refractivity contribution >= 4 is 17.4 Å². The van der Waals surface area contributed by atoms with Crippen LogP contribution in [-0.2, 0) is 11.2 Å². The molecule has 26 heavy (non-hydrogen) atoms. The standard InChI is InChI=1S/C20H25N3O3/c1-25-19-9-5-2-6-16(19)10-11-21-20(24)22-17-7-3-4-8-18(17)23-12-14-26-15-13-23/h2-9H,10-15H2,1H3,(H2,21,22,24). The number of rotatable bonds is 6. The van der Waals surface area contributed by atoms with Crippen molar-refractivity contribution in [3.05, 3.63) is 54.1 Å². The molecule has 1 saturated heterocycles. The summed E-state index contributed by atoms with van der Waals surface area (Å²) in [6.45, 7) is 3.60. The van der Waals surface area contributed by atoms with Crippen LogP contribution < -0.4 is 20.3 Å². The van der Waals surface area contributed by atoms with Gasteiger partial charge < -0.3 is 25.0 Å². The second-order valence-corrected chi connectivity index (χ2v) is 6.06. The third-order valence-corrected chi connectivity index (χ3v) is 4.38. The Morgan fingerprint density at radius 3 is 2.65 bits per heavy atom. The highest BCUT2D eigenvalue weighted by Gasteiger charge is 2.15. The lowest BCUT2D eigenvalue weighted by Crippen LogP contribution is -2.37. The van der Waals surface area contributed by atoms with Crippen molar-refractivity contribution in [2.24, 2.45) is 0 Å². The number of para-hydroxylation sites is 3. The Balaban J connectivity index is 1.55. The highest BCUT2D eigenvalue weighted by atomic mass is 16.5. The summed E-state index contributed by atoms with van der Waals surface area (Å²) in [4.78, 5) is 14.5. The van der Waals surface area contributed by atoms with Crippen molar-refractivity contribution in [2.45, 2.75) is 6.42 Å². The van der Waals surface area contributed by atoms with Gasteiger partial charge in [-0.2, -0.15) is 0 Å². The van der Waals surface area contributed by atoms with Crippen molar-refractivity contribution in [1.82, 2.24) is 5.32 Å². The van der Waals surface area contributed by atoms with Crippen molar-refractivity contribution < 1.29 is 14.3 Å². The van der Waals surface area contributed by atoms with Crippen molar-refractivity contribution in [1.29, 1.82) is 0 Å². The van der Waals surface area contributed by atoms with Gasteiger partial charge in [0.25, 0.3) is 0 Å². The maximum atomic E-state index is 12.3. The van der Waals surface area contributed by atoms with E-state index in [0.717, 1.165) is 35.8 Å². The van der Waals surface area contributed by atoms with Crippen molar-refractivity contribution in [3.63, 3.8) is 0 Å². The number of urea groups is 1. The van der Waals surface area contributed by atoms with Crippen LogP contribution in [0.4, 0.5) is 16.2 Å². The molecule has 0 aromatic heterocycles. The van der Waals surface area contributed by atoms with E-state index in [2.05, 4.69) is 15.5 Å². The summed E-state index contributed by atoms with van der Waals surface area (Å²) in [5.74, 6) is 0.840. The average molecular weight is 355 g/mol. The zero-order valence-corrected chi connectivity index (χ0v) is 15.0. The minimum atomic E-state index is -0.208. The number of amides is 2. The van der Waals surface area contributed by atoms with E-state index >= 15 is 0 Å². The Morgan fingerprint density at radius 2 is 1.85 bits per heavy atom. The number of nitrogens with one attached hydrogen (secondary N) is 2. The lowest BCUT2D eigenvalue weighted by molar-refractivity contribution is 0.123. The first-order chi connectivity index (χ1) is 12.8. The number of hydrogen-bond acceptors (Lipinski definition) is 4. The maximum Gasteiger partial charge on any atom is 0.319 e. The largest absolute Gasteiger partial charge is 0.496 e. The van der Waals surface area contributed by atoms with E-state index in [1.54, 1.807) is 7.11 Å². The predicted octanol–water partition coefficient (Wildman–Crippen LogP) is 2.90.